The molecule has 0 saturated heterocycles. The van der Waals surface area contributed by atoms with Gasteiger partial charge in [-0.1, -0.05) is 29.5 Å². The molecular weight excluding hydrogens is 360 g/mol. The monoisotopic (exact) mass is 372 g/mol. The fourth-order valence-electron chi connectivity index (χ4n) is 2.26. The molecule has 1 N–H and O–H groups in total. The molecule has 0 aliphatic carbocycles. The van der Waals surface area contributed by atoms with Crippen LogP contribution in [0.25, 0.3) is 21.0 Å². The van der Waals surface area contributed by atoms with Crippen molar-refractivity contribution in [3.8, 4) is 10.8 Å². The van der Waals surface area contributed by atoms with Crippen molar-refractivity contribution in [2.45, 2.75) is 13.0 Å². The van der Waals surface area contributed by atoms with Crippen LogP contribution in [-0.2, 0) is 11.3 Å². The lowest BCUT2D eigenvalue weighted by atomic mass is 10.3. The summed E-state index contributed by atoms with van der Waals surface area (Å²) in [7, 11) is 0. The summed E-state index contributed by atoms with van der Waals surface area (Å²) in [6.07, 6.45) is 0.103. The Morgan fingerprint density at radius 3 is 2.92 bits per heavy atom. The van der Waals surface area contributed by atoms with Crippen LogP contribution in [-0.4, -0.2) is 20.7 Å². The average Bonchev–Trinajstić information content (AvgIpc) is 3.32. The Kier molecular flexibility index (Phi) is 4.16. The molecule has 0 radical (unpaired) electrons. The highest BCUT2D eigenvalue weighted by molar-refractivity contribution is 7.22. The van der Waals surface area contributed by atoms with E-state index in [1.165, 1.54) is 22.7 Å². The maximum Gasteiger partial charge on any atom is 0.437 e. The van der Waals surface area contributed by atoms with Gasteiger partial charge in [0.25, 0.3) is 5.89 Å². The summed E-state index contributed by atoms with van der Waals surface area (Å²) in [6.45, 7) is 0.143. The summed E-state index contributed by atoms with van der Waals surface area (Å²) in [5.74, 6) is -0.533. The Hall–Kier alpha value is -2.78. The first-order valence-corrected chi connectivity index (χ1v) is 9.16. The van der Waals surface area contributed by atoms with Gasteiger partial charge in [-0.15, -0.1) is 16.4 Å². The Morgan fingerprint density at radius 1 is 1.24 bits per heavy atom. The second kappa shape index (κ2) is 6.61. The number of nitrogens with one attached hydrogen (secondary N) is 1. The van der Waals surface area contributed by atoms with Crippen LogP contribution >= 0.6 is 22.7 Å². The van der Waals surface area contributed by atoms with Gasteiger partial charge in [-0.2, -0.15) is 4.68 Å². The van der Waals surface area contributed by atoms with Gasteiger partial charge in [-0.05, 0) is 23.6 Å². The van der Waals surface area contributed by atoms with Gasteiger partial charge in [-0.25, -0.2) is 9.78 Å². The van der Waals surface area contributed by atoms with E-state index in [0.29, 0.717) is 5.13 Å². The number of thiazole rings is 1. The summed E-state index contributed by atoms with van der Waals surface area (Å²) in [5, 5.41) is 9.29. The van der Waals surface area contributed by atoms with Crippen molar-refractivity contribution >= 4 is 43.9 Å². The number of benzene rings is 1. The molecule has 126 valence electrons. The van der Waals surface area contributed by atoms with Gasteiger partial charge in [0, 0.05) is 6.42 Å². The number of anilines is 1. The number of carbonyl (C=O) groups excluding carboxylic acids is 1. The standard InChI is InChI=1S/C16H12N4O3S2/c21-13(18-15-17-10-4-1-2-5-11(10)25-15)7-8-20-16(22)23-14(19-20)12-6-3-9-24-12/h1-6,9H,7-8H2,(H,17,18,21). The third-order valence-electron chi connectivity index (χ3n) is 3.43. The zero-order valence-corrected chi connectivity index (χ0v) is 14.5. The van der Waals surface area contributed by atoms with Crippen LogP contribution in [0.1, 0.15) is 6.42 Å². The lowest BCUT2D eigenvalue weighted by Gasteiger charge is -2.00. The van der Waals surface area contributed by atoms with Crippen molar-refractivity contribution in [1.29, 1.82) is 0 Å². The van der Waals surface area contributed by atoms with Crippen LogP contribution in [0.15, 0.2) is 51.0 Å². The number of hydrogen-bond donors (Lipinski definition) is 1. The fourth-order valence-corrected chi connectivity index (χ4v) is 3.79. The largest absolute Gasteiger partial charge is 0.437 e. The Labute approximate surface area is 149 Å². The van der Waals surface area contributed by atoms with Crippen LogP contribution in [0.3, 0.4) is 0 Å². The fraction of sp³-hybridized carbons (Fsp3) is 0.125. The molecule has 1 aromatic carbocycles. The Balaban J connectivity index is 1.41. The second-order valence-corrected chi connectivity index (χ2v) is 7.14. The molecule has 3 aromatic heterocycles. The highest BCUT2D eigenvalue weighted by atomic mass is 32.1. The van der Waals surface area contributed by atoms with Gasteiger partial charge in [-0.3, -0.25) is 4.79 Å². The average molecular weight is 372 g/mol. The molecule has 0 spiro atoms. The summed E-state index contributed by atoms with van der Waals surface area (Å²) in [5.41, 5.74) is 0.844. The number of thiophene rings is 1. The maximum atomic E-state index is 12.1. The second-order valence-electron chi connectivity index (χ2n) is 5.16. The third-order valence-corrected chi connectivity index (χ3v) is 5.24. The number of amides is 1. The number of para-hydroxylation sites is 1. The van der Waals surface area contributed by atoms with Gasteiger partial charge in [0.05, 0.1) is 21.6 Å². The molecule has 0 bridgehead atoms. The normalized spacial score (nSPS) is 11.0. The van der Waals surface area contributed by atoms with E-state index < -0.39 is 5.76 Å². The van der Waals surface area contributed by atoms with E-state index in [9.17, 15) is 9.59 Å². The molecule has 0 aliphatic heterocycles. The summed E-state index contributed by atoms with van der Waals surface area (Å²) in [4.78, 5) is 29.0. The first kappa shape index (κ1) is 15.7. The van der Waals surface area contributed by atoms with Crippen LogP contribution in [0.4, 0.5) is 5.13 Å². The first-order chi connectivity index (χ1) is 12.2. The van der Waals surface area contributed by atoms with Crippen molar-refractivity contribution < 1.29 is 9.21 Å². The SMILES string of the molecule is O=C(CCn1nc(-c2cccs2)oc1=O)Nc1nc2ccccc2s1. The Bertz CT molecular complexity index is 1050. The number of aromatic nitrogens is 3. The van der Waals surface area contributed by atoms with Crippen LogP contribution < -0.4 is 11.1 Å². The van der Waals surface area contributed by atoms with E-state index in [4.69, 9.17) is 4.42 Å². The van der Waals surface area contributed by atoms with Crippen molar-refractivity contribution in [2.75, 3.05) is 5.32 Å². The molecule has 25 heavy (non-hydrogen) atoms. The number of aryl methyl sites for hydroxylation is 1. The summed E-state index contributed by atoms with van der Waals surface area (Å²) < 4.78 is 7.28. The molecule has 0 saturated carbocycles. The van der Waals surface area contributed by atoms with E-state index >= 15 is 0 Å². The van der Waals surface area contributed by atoms with E-state index in [2.05, 4.69) is 15.4 Å². The maximum absolute atomic E-state index is 12.1. The minimum Gasteiger partial charge on any atom is -0.387 e. The van der Waals surface area contributed by atoms with Crippen molar-refractivity contribution in [2.24, 2.45) is 0 Å². The molecule has 7 nitrogen and oxygen atoms in total. The van der Waals surface area contributed by atoms with Crippen molar-refractivity contribution in [1.82, 2.24) is 14.8 Å². The quantitative estimate of drug-likeness (QED) is 0.581. The first-order valence-electron chi connectivity index (χ1n) is 7.46. The molecule has 3 heterocycles. The van der Waals surface area contributed by atoms with E-state index in [-0.39, 0.29) is 24.8 Å². The molecule has 1 amide bonds. The number of fused-ring (bicyclic) bond motifs is 1. The molecule has 9 heteroatoms. The van der Waals surface area contributed by atoms with Crippen molar-refractivity contribution in [3.63, 3.8) is 0 Å². The topological polar surface area (TPSA) is 90.0 Å². The number of carbonyl (C=O) groups is 1. The van der Waals surface area contributed by atoms with Gasteiger partial charge >= 0.3 is 5.76 Å². The Morgan fingerprint density at radius 2 is 2.12 bits per heavy atom. The summed E-state index contributed by atoms with van der Waals surface area (Å²) in [6, 6.07) is 11.3. The lowest BCUT2D eigenvalue weighted by molar-refractivity contribution is -0.116. The minimum atomic E-state index is -0.573. The molecule has 0 aliphatic rings. The molecule has 4 aromatic rings. The minimum absolute atomic E-state index is 0.103. The highest BCUT2D eigenvalue weighted by Gasteiger charge is 2.13. The van der Waals surface area contributed by atoms with E-state index in [0.717, 1.165) is 19.8 Å². The molecule has 0 atom stereocenters. The van der Waals surface area contributed by atoms with Crippen molar-refractivity contribution in [3.05, 3.63) is 52.3 Å². The predicted molar refractivity (Wildman–Crippen MR) is 96.9 cm³/mol. The van der Waals surface area contributed by atoms with Crippen LogP contribution in [0, 0.1) is 0 Å². The zero-order valence-electron chi connectivity index (χ0n) is 12.8. The third kappa shape index (κ3) is 3.37. The van der Waals surface area contributed by atoms with E-state index in [1.807, 2.05) is 41.8 Å². The van der Waals surface area contributed by atoms with Gasteiger partial charge in [0.1, 0.15) is 0 Å². The van der Waals surface area contributed by atoms with Crippen LogP contribution in [0.5, 0.6) is 0 Å². The number of rotatable bonds is 5. The zero-order chi connectivity index (χ0) is 17.2. The highest BCUT2D eigenvalue weighted by Crippen LogP contribution is 2.25. The molecule has 0 fully saturated rings. The molecule has 4 rings (SSSR count). The van der Waals surface area contributed by atoms with Crippen LogP contribution in [0.2, 0.25) is 0 Å². The molecule has 0 unspecified atom stereocenters. The van der Waals surface area contributed by atoms with Gasteiger partial charge in [0.2, 0.25) is 5.91 Å². The predicted octanol–water partition coefficient (Wildman–Crippen LogP) is 3.20. The molecular formula is C16H12N4O3S2. The lowest BCUT2D eigenvalue weighted by Crippen LogP contribution is -2.20. The van der Waals surface area contributed by atoms with Gasteiger partial charge in [0.15, 0.2) is 5.13 Å². The smallest absolute Gasteiger partial charge is 0.387 e. The number of hydrogen-bond acceptors (Lipinski definition) is 7. The van der Waals surface area contributed by atoms with Gasteiger partial charge < -0.3 is 9.73 Å². The summed E-state index contributed by atoms with van der Waals surface area (Å²) >= 11 is 2.84. The van der Waals surface area contributed by atoms with E-state index in [1.54, 1.807) is 0 Å². The number of nitrogens with zero attached hydrogens (tertiary/aromatic N) is 3.